The van der Waals surface area contributed by atoms with Crippen molar-refractivity contribution in [2.24, 2.45) is 5.92 Å². The molecule has 1 aliphatic heterocycles. The van der Waals surface area contributed by atoms with Gasteiger partial charge in [-0.1, -0.05) is 13.3 Å². The second-order valence-electron chi connectivity index (χ2n) is 7.18. The lowest BCUT2D eigenvalue weighted by atomic mass is 9.87. The topological polar surface area (TPSA) is 41.6 Å². The first-order valence-corrected chi connectivity index (χ1v) is 10.4. The molecule has 1 aromatic heterocycles. The molecule has 1 fully saturated rings. The number of thiophene rings is 1. The largest absolute Gasteiger partial charge is 0.378 e. The van der Waals surface area contributed by atoms with Gasteiger partial charge in [-0.3, -0.25) is 4.79 Å². The van der Waals surface area contributed by atoms with E-state index < -0.39 is 0 Å². The zero-order valence-electron chi connectivity index (χ0n) is 15.3. The van der Waals surface area contributed by atoms with E-state index in [0.29, 0.717) is 0 Å². The number of aryl methyl sites for hydroxylation is 1. The van der Waals surface area contributed by atoms with E-state index >= 15 is 0 Å². The van der Waals surface area contributed by atoms with E-state index in [1.165, 1.54) is 29.0 Å². The molecule has 0 unspecified atom stereocenters. The highest BCUT2D eigenvalue weighted by Gasteiger charge is 2.22. The van der Waals surface area contributed by atoms with Crippen LogP contribution in [0.2, 0.25) is 0 Å². The fourth-order valence-corrected chi connectivity index (χ4v) is 4.93. The van der Waals surface area contributed by atoms with Crippen molar-refractivity contribution in [1.82, 2.24) is 0 Å². The molecule has 1 saturated heterocycles. The lowest BCUT2D eigenvalue weighted by Gasteiger charge is -2.28. The van der Waals surface area contributed by atoms with Crippen LogP contribution in [0.4, 0.5) is 11.4 Å². The van der Waals surface area contributed by atoms with Crippen molar-refractivity contribution < 1.29 is 9.53 Å². The molecule has 2 aromatic rings. The minimum Gasteiger partial charge on any atom is -0.378 e. The molecule has 0 bridgehead atoms. The summed E-state index contributed by atoms with van der Waals surface area (Å²) in [6, 6.07) is 10.2. The number of anilines is 2. The number of fused-ring (bicyclic) bond motifs is 1. The molecule has 1 amide bonds. The van der Waals surface area contributed by atoms with Gasteiger partial charge in [0.2, 0.25) is 0 Å². The lowest BCUT2D eigenvalue weighted by molar-refractivity contribution is 0.103. The summed E-state index contributed by atoms with van der Waals surface area (Å²) in [5.74, 6) is 0.789. The summed E-state index contributed by atoms with van der Waals surface area (Å²) in [5.41, 5.74) is 3.43. The minimum atomic E-state index is 0.0107. The third-order valence-corrected chi connectivity index (χ3v) is 6.72. The van der Waals surface area contributed by atoms with Crippen LogP contribution < -0.4 is 10.2 Å². The van der Waals surface area contributed by atoms with Crippen molar-refractivity contribution in [3.8, 4) is 0 Å². The maximum absolute atomic E-state index is 12.6. The fourth-order valence-electron chi connectivity index (χ4n) is 3.83. The van der Waals surface area contributed by atoms with Gasteiger partial charge in [-0.05, 0) is 61.1 Å². The summed E-state index contributed by atoms with van der Waals surface area (Å²) in [5, 5.41) is 3.05. The average Bonchev–Trinajstić information content (AvgIpc) is 3.12. The van der Waals surface area contributed by atoms with Gasteiger partial charge >= 0.3 is 0 Å². The van der Waals surface area contributed by atoms with E-state index in [-0.39, 0.29) is 5.91 Å². The first-order valence-electron chi connectivity index (χ1n) is 9.58. The van der Waals surface area contributed by atoms with Crippen LogP contribution in [0.5, 0.6) is 0 Å². The summed E-state index contributed by atoms with van der Waals surface area (Å²) in [6.07, 6.45) is 4.74. The number of nitrogens with zero attached hydrogens (tertiary/aromatic N) is 1. The van der Waals surface area contributed by atoms with E-state index in [1.54, 1.807) is 11.3 Å². The third kappa shape index (κ3) is 3.79. The van der Waals surface area contributed by atoms with Crippen LogP contribution in [-0.4, -0.2) is 32.2 Å². The number of ether oxygens (including phenoxy) is 1. The highest BCUT2D eigenvalue weighted by molar-refractivity contribution is 7.14. The Hall–Kier alpha value is -1.85. The molecule has 0 saturated carbocycles. The van der Waals surface area contributed by atoms with Crippen LogP contribution in [0.15, 0.2) is 30.3 Å². The Bertz CT molecular complexity index is 763. The SMILES string of the molecule is CC[C@H]1CCc2sc(C(=O)Nc3ccc(N4CCOCC4)cc3)cc2C1. The number of carbonyl (C=O) groups is 1. The Morgan fingerprint density at radius 2 is 2.04 bits per heavy atom. The van der Waals surface area contributed by atoms with Crippen molar-refractivity contribution in [3.63, 3.8) is 0 Å². The van der Waals surface area contributed by atoms with E-state index in [0.717, 1.165) is 55.6 Å². The molecule has 1 atom stereocenters. The molecule has 138 valence electrons. The van der Waals surface area contributed by atoms with Crippen molar-refractivity contribution in [2.45, 2.75) is 32.6 Å². The number of morpholine rings is 1. The van der Waals surface area contributed by atoms with Crippen LogP contribution in [-0.2, 0) is 17.6 Å². The first-order chi connectivity index (χ1) is 12.7. The normalized spacial score (nSPS) is 19.9. The molecular formula is C21H26N2O2S. The predicted octanol–water partition coefficient (Wildman–Crippen LogP) is 4.35. The minimum absolute atomic E-state index is 0.0107. The van der Waals surface area contributed by atoms with Gasteiger partial charge in [-0.25, -0.2) is 0 Å². The Morgan fingerprint density at radius 3 is 2.77 bits per heavy atom. The highest BCUT2D eigenvalue weighted by atomic mass is 32.1. The summed E-state index contributed by atoms with van der Waals surface area (Å²) < 4.78 is 5.40. The number of amides is 1. The lowest BCUT2D eigenvalue weighted by Crippen LogP contribution is -2.36. The average molecular weight is 371 g/mol. The van der Waals surface area contributed by atoms with Crippen LogP contribution in [0.1, 0.15) is 39.9 Å². The van der Waals surface area contributed by atoms with Gasteiger partial charge in [-0.15, -0.1) is 11.3 Å². The van der Waals surface area contributed by atoms with Gasteiger partial charge in [0.15, 0.2) is 0 Å². The number of benzene rings is 1. The summed E-state index contributed by atoms with van der Waals surface area (Å²) in [6.45, 7) is 5.66. The molecular weight excluding hydrogens is 344 g/mol. The molecule has 1 aromatic carbocycles. The quantitative estimate of drug-likeness (QED) is 0.870. The summed E-state index contributed by atoms with van der Waals surface area (Å²) in [7, 11) is 0. The zero-order valence-corrected chi connectivity index (χ0v) is 16.1. The van der Waals surface area contributed by atoms with Gasteiger partial charge in [0.1, 0.15) is 0 Å². The maximum atomic E-state index is 12.6. The van der Waals surface area contributed by atoms with E-state index in [1.807, 2.05) is 12.1 Å². The standard InChI is InChI=1S/C21H26N2O2S/c1-2-15-3-8-19-16(13-15)14-20(26-19)21(24)22-17-4-6-18(7-5-17)23-9-11-25-12-10-23/h4-7,14-15H,2-3,8-13H2,1H3,(H,22,24)/t15-/m0/s1. The van der Waals surface area contributed by atoms with Crippen molar-refractivity contribution in [3.05, 3.63) is 45.6 Å². The predicted molar refractivity (Wildman–Crippen MR) is 108 cm³/mol. The molecule has 2 heterocycles. The Morgan fingerprint density at radius 1 is 1.27 bits per heavy atom. The molecule has 0 radical (unpaired) electrons. The summed E-state index contributed by atoms with van der Waals surface area (Å²) >= 11 is 1.67. The van der Waals surface area contributed by atoms with Gasteiger partial charge < -0.3 is 15.0 Å². The second-order valence-corrected chi connectivity index (χ2v) is 8.31. The van der Waals surface area contributed by atoms with Gasteiger partial charge in [0.25, 0.3) is 5.91 Å². The van der Waals surface area contributed by atoms with Gasteiger partial charge in [0.05, 0.1) is 18.1 Å². The molecule has 4 nitrogen and oxygen atoms in total. The number of hydrogen-bond donors (Lipinski definition) is 1. The first kappa shape index (κ1) is 17.6. The number of carbonyl (C=O) groups excluding carboxylic acids is 1. The monoisotopic (exact) mass is 370 g/mol. The maximum Gasteiger partial charge on any atom is 0.265 e. The van der Waals surface area contributed by atoms with Gasteiger partial charge in [0, 0.05) is 29.3 Å². The van der Waals surface area contributed by atoms with E-state index in [9.17, 15) is 4.79 Å². The van der Waals surface area contributed by atoms with E-state index in [4.69, 9.17) is 4.74 Å². The zero-order chi connectivity index (χ0) is 17.9. The Balaban J connectivity index is 1.41. The molecule has 4 rings (SSSR count). The highest BCUT2D eigenvalue weighted by Crippen LogP contribution is 2.34. The second kappa shape index (κ2) is 7.80. The molecule has 1 N–H and O–H groups in total. The molecule has 2 aliphatic rings. The van der Waals surface area contributed by atoms with Crippen molar-refractivity contribution >= 4 is 28.6 Å². The van der Waals surface area contributed by atoms with Crippen molar-refractivity contribution in [1.29, 1.82) is 0 Å². The number of hydrogen-bond acceptors (Lipinski definition) is 4. The van der Waals surface area contributed by atoms with Crippen molar-refractivity contribution in [2.75, 3.05) is 36.5 Å². The van der Waals surface area contributed by atoms with Crippen LogP contribution in [0.25, 0.3) is 0 Å². The van der Waals surface area contributed by atoms with Gasteiger partial charge in [-0.2, -0.15) is 0 Å². The summed E-state index contributed by atoms with van der Waals surface area (Å²) in [4.78, 5) is 17.2. The molecule has 0 spiro atoms. The third-order valence-electron chi connectivity index (χ3n) is 5.49. The van der Waals surface area contributed by atoms with Crippen LogP contribution in [0.3, 0.4) is 0 Å². The Labute approximate surface area is 159 Å². The van der Waals surface area contributed by atoms with E-state index in [2.05, 4.69) is 35.3 Å². The molecule has 5 heteroatoms. The number of rotatable bonds is 4. The molecule has 26 heavy (non-hydrogen) atoms. The Kier molecular flexibility index (Phi) is 5.27. The fraction of sp³-hybridized carbons (Fsp3) is 0.476. The smallest absolute Gasteiger partial charge is 0.265 e. The van der Waals surface area contributed by atoms with Crippen LogP contribution in [0, 0.1) is 5.92 Å². The van der Waals surface area contributed by atoms with Crippen LogP contribution >= 0.6 is 11.3 Å². The number of nitrogens with one attached hydrogen (secondary N) is 1. The molecule has 1 aliphatic carbocycles.